The van der Waals surface area contributed by atoms with E-state index in [2.05, 4.69) is 4.98 Å². The van der Waals surface area contributed by atoms with Crippen molar-refractivity contribution in [3.05, 3.63) is 66.0 Å². The first kappa shape index (κ1) is 17.2. The van der Waals surface area contributed by atoms with Crippen LogP contribution >= 0.6 is 0 Å². The van der Waals surface area contributed by atoms with Crippen LogP contribution in [0, 0.1) is 11.3 Å². The molecule has 0 saturated carbocycles. The van der Waals surface area contributed by atoms with Gasteiger partial charge >= 0.3 is 0 Å². The third-order valence-corrected chi connectivity index (χ3v) is 5.44. The van der Waals surface area contributed by atoms with Crippen LogP contribution in [0.5, 0.6) is 0 Å². The van der Waals surface area contributed by atoms with Crippen LogP contribution in [0.4, 0.5) is 0 Å². The number of ether oxygens (including phenoxy) is 2. The molecule has 0 spiro atoms. The summed E-state index contributed by atoms with van der Waals surface area (Å²) < 4.78 is 11.7. The molecule has 26 heavy (non-hydrogen) atoms. The molecule has 1 aromatic carbocycles. The van der Waals surface area contributed by atoms with Crippen molar-refractivity contribution in [2.24, 2.45) is 11.3 Å². The maximum absolute atomic E-state index is 12.7. The summed E-state index contributed by atoms with van der Waals surface area (Å²) in [6, 6.07) is 15.8. The number of benzene rings is 1. The van der Waals surface area contributed by atoms with Crippen molar-refractivity contribution in [1.29, 1.82) is 0 Å². The Labute approximate surface area is 153 Å². The van der Waals surface area contributed by atoms with Gasteiger partial charge in [0.25, 0.3) is 0 Å². The summed E-state index contributed by atoms with van der Waals surface area (Å²) in [4.78, 5) is 19.0. The molecule has 2 atom stereocenters. The molecule has 5 heteroatoms. The Bertz CT molecular complexity index is 737. The van der Waals surface area contributed by atoms with E-state index in [1.165, 1.54) is 0 Å². The van der Waals surface area contributed by atoms with Crippen LogP contribution < -0.4 is 0 Å². The summed E-state index contributed by atoms with van der Waals surface area (Å²) in [5.74, 6) is 0.542. The number of nitrogens with zero attached hydrogens (tertiary/aromatic N) is 2. The minimum absolute atomic E-state index is 0.0822. The summed E-state index contributed by atoms with van der Waals surface area (Å²) in [7, 11) is 0. The van der Waals surface area contributed by atoms with Gasteiger partial charge in [0.15, 0.2) is 0 Å². The number of amides is 1. The quantitative estimate of drug-likeness (QED) is 0.801. The molecule has 2 aromatic rings. The molecule has 3 heterocycles. The van der Waals surface area contributed by atoms with Gasteiger partial charge in [-0.2, -0.15) is 0 Å². The maximum atomic E-state index is 12.7. The molecule has 4 rings (SSSR count). The van der Waals surface area contributed by atoms with Crippen LogP contribution in [-0.4, -0.2) is 48.7 Å². The molecule has 0 unspecified atom stereocenters. The van der Waals surface area contributed by atoms with E-state index in [0.717, 1.165) is 17.8 Å². The van der Waals surface area contributed by atoms with Gasteiger partial charge in [-0.25, -0.2) is 0 Å². The standard InChI is InChI=1S/C21H24N2O3/c24-20(10-17-6-2-1-3-7-17)23-11-18-12-25-15-21(18,14-23)16-26-13-19-8-4-5-9-22-19/h1-9,18H,10-16H2/t18-,21+/m1/s1. The van der Waals surface area contributed by atoms with E-state index in [4.69, 9.17) is 9.47 Å². The van der Waals surface area contributed by atoms with Gasteiger partial charge < -0.3 is 14.4 Å². The molecular formula is C21H24N2O3. The first-order chi connectivity index (χ1) is 12.8. The molecule has 0 radical (unpaired) electrons. The number of pyridine rings is 1. The molecule has 2 fully saturated rings. The van der Waals surface area contributed by atoms with E-state index in [1.807, 2.05) is 53.4 Å². The third-order valence-electron chi connectivity index (χ3n) is 5.44. The predicted molar refractivity (Wildman–Crippen MR) is 97.4 cm³/mol. The highest BCUT2D eigenvalue weighted by Gasteiger charge is 2.51. The molecule has 1 amide bonds. The van der Waals surface area contributed by atoms with Crippen LogP contribution in [0.3, 0.4) is 0 Å². The largest absolute Gasteiger partial charge is 0.380 e. The number of fused-ring (bicyclic) bond motifs is 1. The van der Waals surface area contributed by atoms with Gasteiger partial charge in [0.05, 0.1) is 38.5 Å². The molecule has 0 aliphatic carbocycles. The van der Waals surface area contributed by atoms with Gasteiger partial charge in [0.1, 0.15) is 0 Å². The minimum atomic E-state index is -0.0822. The lowest BCUT2D eigenvalue weighted by Crippen LogP contribution is -2.37. The first-order valence-corrected chi connectivity index (χ1v) is 9.12. The Balaban J connectivity index is 1.36. The highest BCUT2D eigenvalue weighted by atomic mass is 16.5. The van der Waals surface area contributed by atoms with E-state index in [-0.39, 0.29) is 11.3 Å². The predicted octanol–water partition coefficient (Wildman–Crippen LogP) is 2.32. The number of hydrogen-bond acceptors (Lipinski definition) is 4. The number of carbonyl (C=O) groups is 1. The molecule has 2 aliphatic rings. The molecule has 136 valence electrons. The monoisotopic (exact) mass is 352 g/mol. The van der Waals surface area contributed by atoms with Crippen LogP contribution in [0.2, 0.25) is 0 Å². The SMILES string of the molecule is O=C(Cc1ccccc1)N1C[C@@H]2COC[C@]2(COCc2ccccn2)C1. The summed E-state index contributed by atoms with van der Waals surface area (Å²) in [5.41, 5.74) is 1.90. The molecule has 0 N–H and O–H groups in total. The topological polar surface area (TPSA) is 51.7 Å². The van der Waals surface area contributed by atoms with Crippen LogP contribution in [0.1, 0.15) is 11.3 Å². The van der Waals surface area contributed by atoms with Crippen molar-refractivity contribution in [3.63, 3.8) is 0 Å². The van der Waals surface area contributed by atoms with E-state index >= 15 is 0 Å². The van der Waals surface area contributed by atoms with Gasteiger partial charge in [0.2, 0.25) is 5.91 Å². The zero-order valence-electron chi connectivity index (χ0n) is 14.8. The van der Waals surface area contributed by atoms with Gasteiger partial charge in [-0.3, -0.25) is 9.78 Å². The lowest BCUT2D eigenvalue weighted by Gasteiger charge is -2.26. The van der Waals surface area contributed by atoms with E-state index in [1.54, 1.807) is 6.20 Å². The second-order valence-electron chi connectivity index (χ2n) is 7.32. The smallest absolute Gasteiger partial charge is 0.227 e. The van der Waals surface area contributed by atoms with Crippen molar-refractivity contribution < 1.29 is 14.3 Å². The molecule has 5 nitrogen and oxygen atoms in total. The fourth-order valence-corrected chi connectivity index (χ4v) is 3.95. The normalized spacial score (nSPS) is 24.6. The molecular weight excluding hydrogens is 328 g/mol. The summed E-state index contributed by atoms with van der Waals surface area (Å²) in [6.07, 6.45) is 2.23. The van der Waals surface area contributed by atoms with Gasteiger partial charge in [-0.05, 0) is 17.7 Å². The summed E-state index contributed by atoms with van der Waals surface area (Å²) >= 11 is 0. The van der Waals surface area contributed by atoms with Crippen LogP contribution in [-0.2, 0) is 27.3 Å². The van der Waals surface area contributed by atoms with E-state index in [9.17, 15) is 4.79 Å². The number of likely N-dealkylation sites (tertiary alicyclic amines) is 1. The fraction of sp³-hybridized carbons (Fsp3) is 0.429. The van der Waals surface area contributed by atoms with E-state index < -0.39 is 0 Å². The Morgan fingerprint density at radius 3 is 2.88 bits per heavy atom. The highest BCUT2D eigenvalue weighted by Crippen LogP contribution is 2.41. The second kappa shape index (κ2) is 7.56. The average molecular weight is 352 g/mol. The first-order valence-electron chi connectivity index (χ1n) is 9.12. The van der Waals surface area contributed by atoms with Crippen molar-refractivity contribution >= 4 is 5.91 Å². The minimum Gasteiger partial charge on any atom is -0.380 e. The Hall–Kier alpha value is -2.24. The summed E-state index contributed by atoms with van der Waals surface area (Å²) in [6.45, 7) is 3.94. The maximum Gasteiger partial charge on any atom is 0.227 e. The van der Waals surface area contributed by atoms with Crippen molar-refractivity contribution in [2.45, 2.75) is 13.0 Å². The third kappa shape index (κ3) is 3.64. The highest BCUT2D eigenvalue weighted by molar-refractivity contribution is 5.79. The zero-order chi connectivity index (χ0) is 17.8. The lowest BCUT2D eigenvalue weighted by molar-refractivity contribution is -0.130. The second-order valence-corrected chi connectivity index (χ2v) is 7.32. The average Bonchev–Trinajstić information content (AvgIpc) is 3.21. The number of aromatic nitrogens is 1. The fourth-order valence-electron chi connectivity index (χ4n) is 3.95. The molecule has 2 saturated heterocycles. The van der Waals surface area contributed by atoms with Crippen LogP contribution in [0.25, 0.3) is 0 Å². The molecule has 0 bridgehead atoms. The van der Waals surface area contributed by atoms with Crippen LogP contribution in [0.15, 0.2) is 54.7 Å². The van der Waals surface area contributed by atoms with Gasteiger partial charge in [-0.1, -0.05) is 36.4 Å². The number of rotatable bonds is 6. The summed E-state index contributed by atoms with van der Waals surface area (Å²) in [5, 5.41) is 0. The van der Waals surface area contributed by atoms with E-state index in [0.29, 0.717) is 45.3 Å². The van der Waals surface area contributed by atoms with Crippen molar-refractivity contribution in [3.8, 4) is 0 Å². The van der Waals surface area contributed by atoms with Crippen molar-refractivity contribution in [2.75, 3.05) is 32.9 Å². The van der Waals surface area contributed by atoms with Gasteiger partial charge in [0, 0.05) is 30.6 Å². The lowest BCUT2D eigenvalue weighted by atomic mass is 9.82. The van der Waals surface area contributed by atoms with Crippen molar-refractivity contribution in [1.82, 2.24) is 9.88 Å². The molecule has 1 aromatic heterocycles. The van der Waals surface area contributed by atoms with Gasteiger partial charge in [-0.15, -0.1) is 0 Å². The Morgan fingerprint density at radius 1 is 1.23 bits per heavy atom. The zero-order valence-corrected chi connectivity index (χ0v) is 14.8. The Kier molecular flexibility index (Phi) is 5.00. The number of hydrogen-bond donors (Lipinski definition) is 0. The molecule has 2 aliphatic heterocycles. The number of carbonyl (C=O) groups excluding carboxylic acids is 1. The Morgan fingerprint density at radius 2 is 2.08 bits per heavy atom.